The van der Waals surface area contributed by atoms with Gasteiger partial charge in [0, 0.05) is 19.8 Å². The molecule has 0 amide bonds. The molecule has 0 saturated carbocycles. The van der Waals surface area contributed by atoms with Crippen LogP contribution < -0.4 is 5.32 Å². The molecule has 1 atom stereocenters. The quantitative estimate of drug-likeness (QED) is 0.914. The van der Waals surface area contributed by atoms with Gasteiger partial charge < -0.3 is 5.32 Å². The number of nitrogens with zero attached hydrogens (tertiary/aromatic N) is 4. The van der Waals surface area contributed by atoms with Crippen LogP contribution >= 0.6 is 0 Å². The Balaban J connectivity index is 1.53. The average Bonchev–Trinajstić information content (AvgIpc) is 2.83. The molecule has 2 aromatic rings. The highest BCUT2D eigenvalue weighted by atomic mass is 19.1. The largest absolute Gasteiger partial charge is 0.372 e. The molecule has 0 bridgehead atoms. The van der Waals surface area contributed by atoms with Crippen LogP contribution in [0.1, 0.15) is 30.7 Å². The van der Waals surface area contributed by atoms with Crippen LogP contribution in [0.25, 0.3) is 0 Å². The van der Waals surface area contributed by atoms with E-state index in [1.165, 1.54) is 12.5 Å². The summed E-state index contributed by atoms with van der Waals surface area (Å²) in [4.78, 5) is 15.3. The van der Waals surface area contributed by atoms with Crippen LogP contribution in [0, 0.1) is 11.7 Å². The Morgan fingerprint density at radius 3 is 2.88 bits per heavy atom. The Morgan fingerprint density at radius 1 is 1.21 bits per heavy atom. The first-order chi connectivity index (χ1) is 11.7. The molecule has 0 spiro atoms. The number of anilines is 1. The molecule has 1 N–H and O–H groups in total. The van der Waals surface area contributed by atoms with Crippen LogP contribution in [-0.2, 0) is 13.0 Å². The highest BCUT2D eigenvalue weighted by Gasteiger charge is 2.19. The number of halogens is 1. The third-order valence-electron chi connectivity index (χ3n) is 4.61. The van der Waals surface area contributed by atoms with Crippen molar-refractivity contribution in [3.63, 3.8) is 0 Å². The summed E-state index contributed by atoms with van der Waals surface area (Å²) < 4.78 is 13.8. The van der Waals surface area contributed by atoms with Gasteiger partial charge in [0.05, 0.1) is 23.8 Å². The highest BCUT2D eigenvalue weighted by molar-refractivity contribution is 5.29. The molecular weight excluding hydrogens is 305 g/mol. The van der Waals surface area contributed by atoms with E-state index in [1.807, 2.05) is 13.2 Å². The van der Waals surface area contributed by atoms with Crippen LogP contribution in [0.5, 0.6) is 0 Å². The zero-order chi connectivity index (χ0) is 16.8. The maximum atomic E-state index is 13.8. The normalized spacial score (nSPS) is 19.0. The first kappa shape index (κ1) is 16.8. The van der Waals surface area contributed by atoms with E-state index < -0.39 is 0 Å². The van der Waals surface area contributed by atoms with Gasteiger partial charge in [0.2, 0.25) is 0 Å². The van der Waals surface area contributed by atoms with E-state index in [0.717, 1.165) is 43.9 Å². The average molecular weight is 329 g/mol. The van der Waals surface area contributed by atoms with Crippen LogP contribution in [0.4, 0.5) is 10.2 Å². The summed E-state index contributed by atoms with van der Waals surface area (Å²) >= 11 is 0. The third-order valence-corrected chi connectivity index (χ3v) is 4.61. The van der Waals surface area contributed by atoms with Gasteiger partial charge >= 0.3 is 0 Å². The molecule has 2 aromatic heterocycles. The molecule has 24 heavy (non-hydrogen) atoms. The molecule has 1 fully saturated rings. The van der Waals surface area contributed by atoms with Gasteiger partial charge in [0.1, 0.15) is 11.6 Å². The van der Waals surface area contributed by atoms with Crippen molar-refractivity contribution in [3.8, 4) is 0 Å². The molecule has 3 rings (SSSR count). The van der Waals surface area contributed by atoms with Crippen molar-refractivity contribution in [2.24, 2.45) is 5.92 Å². The molecule has 5 nitrogen and oxygen atoms in total. The van der Waals surface area contributed by atoms with E-state index in [9.17, 15) is 4.39 Å². The minimum atomic E-state index is -0.210. The van der Waals surface area contributed by atoms with Crippen molar-refractivity contribution in [1.29, 1.82) is 0 Å². The lowest BCUT2D eigenvalue weighted by molar-refractivity contribution is 0.265. The second-order valence-electron chi connectivity index (χ2n) is 6.35. The number of pyridine rings is 1. The van der Waals surface area contributed by atoms with Gasteiger partial charge in [-0.15, -0.1) is 0 Å². The fourth-order valence-corrected chi connectivity index (χ4v) is 3.22. The van der Waals surface area contributed by atoms with Crippen LogP contribution in [0.15, 0.2) is 30.7 Å². The summed E-state index contributed by atoms with van der Waals surface area (Å²) in [5, 5.41) is 2.98. The van der Waals surface area contributed by atoms with Gasteiger partial charge in [-0.25, -0.2) is 9.37 Å². The molecule has 0 aromatic carbocycles. The molecule has 1 aliphatic heterocycles. The topological polar surface area (TPSA) is 53.9 Å². The van der Waals surface area contributed by atoms with E-state index >= 15 is 0 Å². The molecule has 0 unspecified atom stereocenters. The first-order valence-corrected chi connectivity index (χ1v) is 8.55. The molecule has 0 radical (unpaired) electrons. The number of likely N-dealkylation sites (tertiary alicyclic amines) is 1. The van der Waals surface area contributed by atoms with Gasteiger partial charge in [-0.1, -0.05) is 0 Å². The Bertz CT molecular complexity index is 646. The molecule has 6 heteroatoms. The zero-order valence-electron chi connectivity index (χ0n) is 14.1. The van der Waals surface area contributed by atoms with Crippen LogP contribution in [0.2, 0.25) is 0 Å². The number of hydrogen-bond acceptors (Lipinski definition) is 5. The van der Waals surface area contributed by atoms with E-state index in [-0.39, 0.29) is 5.82 Å². The van der Waals surface area contributed by atoms with Crippen molar-refractivity contribution < 1.29 is 4.39 Å². The van der Waals surface area contributed by atoms with Crippen LogP contribution in [0.3, 0.4) is 0 Å². The Kier molecular flexibility index (Phi) is 5.69. The molecule has 3 heterocycles. The van der Waals surface area contributed by atoms with Gasteiger partial charge in [-0.3, -0.25) is 14.9 Å². The number of aromatic nitrogens is 3. The SMILES string of the molecule is CNc1cnc(C[C@H]2CCCN(Cc3ncccc3F)CC2)cn1. The minimum absolute atomic E-state index is 0.210. The fraction of sp³-hybridized carbons (Fsp3) is 0.500. The fourth-order valence-electron chi connectivity index (χ4n) is 3.22. The van der Waals surface area contributed by atoms with Gasteiger partial charge in [0.25, 0.3) is 0 Å². The summed E-state index contributed by atoms with van der Waals surface area (Å²) in [5.41, 5.74) is 1.59. The molecule has 128 valence electrons. The molecule has 1 aliphatic rings. The Morgan fingerprint density at radius 2 is 2.12 bits per heavy atom. The maximum absolute atomic E-state index is 13.8. The van der Waals surface area contributed by atoms with Gasteiger partial charge in [-0.05, 0) is 56.8 Å². The second kappa shape index (κ2) is 8.15. The number of hydrogen-bond donors (Lipinski definition) is 1. The lowest BCUT2D eigenvalue weighted by Gasteiger charge is -2.19. The molecule has 0 aliphatic carbocycles. The van der Waals surface area contributed by atoms with Gasteiger partial charge in [0.15, 0.2) is 0 Å². The predicted molar refractivity (Wildman–Crippen MR) is 92.1 cm³/mol. The maximum Gasteiger partial charge on any atom is 0.146 e. The zero-order valence-corrected chi connectivity index (χ0v) is 14.1. The van der Waals surface area contributed by atoms with Crippen molar-refractivity contribution in [2.75, 3.05) is 25.5 Å². The first-order valence-electron chi connectivity index (χ1n) is 8.55. The van der Waals surface area contributed by atoms with Crippen molar-refractivity contribution in [2.45, 2.75) is 32.2 Å². The summed E-state index contributed by atoms with van der Waals surface area (Å²) in [6, 6.07) is 3.12. The van der Waals surface area contributed by atoms with Crippen molar-refractivity contribution >= 4 is 5.82 Å². The van der Waals surface area contributed by atoms with Gasteiger partial charge in [-0.2, -0.15) is 0 Å². The van der Waals surface area contributed by atoms with Crippen molar-refractivity contribution in [1.82, 2.24) is 19.9 Å². The predicted octanol–water partition coefficient (Wildman–Crippen LogP) is 2.90. The highest BCUT2D eigenvalue weighted by Crippen LogP contribution is 2.22. The standard InChI is InChI=1S/C18H24FN5/c1-20-18-12-22-15(11-23-18)10-14-4-3-8-24(9-6-14)13-17-16(19)5-2-7-21-17/h2,5,7,11-12,14H,3-4,6,8-10,13H2,1H3,(H,20,23)/t14-/m0/s1. The Hall–Kier alpha value is -2.08. The monoisotopic (exact) mass is 329 g/mol. The van der Waals surface area contributed by atoms with E-state index in [2.05, 4.69) is 25.2 Å². The third kappa shape index (κ3) is 4.47. The Labute approximate surface area is 142 Å². The van der Waals surface area contributed by atoms with E-state index in [0.29, 0.717) is 18.2 Å². The lowest BCUT2D eigenvalue weighted by Crippen LogP contribution is -2.25. The smallest absolute Gasteiger partial charge is 0.146 e. The summed E-state index contributed by atoms with van der Waals surface area (Å²) in [6.45, 7) is 2.57. The number of nitrogens with one attached hydrogen (secondary N) is 1. The summed E-state index contributed by atoms with van der Waals surface area (Å²) in [6.07, 6.45) is 9.66. The second-order valence-corrected chi connectivity index (χ2v) is 6.35. The van der Waals surface area contributed by atoms with Crippen molar-refractivity contribution in [3.05, 3.63) is 47.9 Å². The van der Waals surface area contributed by atoms with Crippen LogP contribution in [-0.4, -0.2) is 40.0 Å². The summed E-state index contributed by atoms with van der Waals surface area (Å²) in [7, 11) is 1.84. The molecule has 1 saturated heterocycles. The summed E-state index contributed by atoms with van der Waals surface area (Å²) in [5.74, 6) is 1.19. The number of rotatable bonds is 5. The van der Waals surface area contributed by atoms with E-state index in [4.69, 9.17) is 0 Å². The lowest BCUT2D eigenvalue weighted by atomic mass is 9.95. The van der Waals surface area contributed by atoms with E-state index in [1.54, 1.807) is 18.5 Å². The molecular formula is C18H24FN5. The minimum Gasteiger partial charge on any atom is -0.372 e.